The molecule has 2 heterocycles. The van der Waals surface area contributed by atoms with Gasteiger partial charge in [0.2, 0.25) is 5.91 Å². The van der Waals surface area contributed by atoms with Crippen molar-refractivity contribution in [3.05, 3.63) is 76.8 Å². The zero-order chi connectivity index (χ0) is 23.5. The Labute approximate surface area is 189 Å². The van der Waals surface area contributed by atoms with E-state index < -0.39 is 18.6 Å². The zero-order valence-electron chi connectivity index (χ0n) is 18.1. The summed E-state index contributed by atoms with van der Waals surface area (Å²) in [5.74, 6) is 0.569. The minimum Gasteiger partial charge on any atom is -0.496 e. The molecule has 0 aliphatic heterocycles. The number of aliphatic hydroxyl groups excluding tert-OH is 1. The van der Waals surface area contributed by atoms with E-state index in [4.69, 9.17) is 15.6 Å². The quantitative estimate of drug-likeness (QED) is 0.414. The predicted molar refractivity (Wildman–Crippen MR) is 126 cm³/mol. The van der Waals surface area contributed by atoms with E-state index in [1.54, 1.807) is 31.5 Å². The highest BCUT2D eigenvalue weighted by molar-refractivity contribution is 5.94. The summed E-state index contributed by atoms with van der Waals surface area (Å²) in [6, 6.07) is 13.5. The van der Waals surface area contributed by atoms with Crippen molar-refractivity contribution in [2.45, 2.75) is 13.0 Å². The molecule has 168 valence electrons. The molecule has 2 aromatic carbocycles. The number of ether oxygens (including phenoxy) is 1. The van der Waals surface area contributed by atoms with Crippen LogP contribution in [-0.4, -0.2) is 45.5 Å². The third-order valence-electron chi connectivity index (χ3n) is 5.37. The Bertz CT molecular complexity index is 1380. The number of nitrogens with zero attached hydrogens (tertiary/aromatic N) is 3. The minimum absolute atomic E-state index is 0.305. The molecule has 0 saturated carbocycles. The first-order valence-electron chi connectivity index (χ1n) is 10.2. The average Bonchev–Trinajstić information content (AvgIpc) is 2.84. The minimum atomic E-state index is -1.03. The number of methoxy groups -OCH3 is 1. The molecule has 4 aromatic rings. The maximum absolute atomic E-state index is 13.1. The first-order chi connectivity index (χ1) is 15.9. The molecule has 1 unspecified atom stereocenters. The fraction of sp³-hybridized carbons (Fsp3) is 0.167. The lowest BCUT2D eigenvalue weighted by molar-refractivity contribution is -0.118. The van der Waals surface area contributed by atoms with Crippen molar-refractivity contribution >= 4 is 22.4 Å². The molecule has 1 atom stereocenters. The summed E-state index contributed by atoms with van der Waals surface area (Å²) in [6.07, 6.45) is 3.01. The molecule has 33 heavy (non-hydrogen) atoms. The smallest absolute Gasteiger partial charge is 0.280 e. The number of rotatable bonds is 6. The molecule has 0 fully saturated rings. The molecular formula is C24H23N5O4. The number of carbonyl (C=O) groups excluding carboxylic acids is 1. The van der Waals surface area contributed by atoms with Crippen LogP contribution in [0.4, 0.5) is 5.69 Å². The van der Waals surface area contributed by atoms with Gasteiger partial charge in [-0.15, -0.1) is 0 Å². The van der Waals surface area contributed by atoms with E-state index in [1.165, 1.54) is 10.9 Å². The number of nitrogens with one attached hydrogen (secondary N) is 1. The van der Waals surface area contributed by atoms with E-state index in [2.05, 4.69) is 15.4 Å². The van der Waals surface area contributed by atoms with Crippen LogP contribution >= 0.6 is 0 Å². The van der Waals surface area contributed by atoms with Gasteiger partial charge in [-0.3, -0.25) is 9.59 Å². The molecule has 9 nitrogen and oxygen atoms in total. The van der Waals surface area contributed by atoms with E-state index >= 15 is 0 Å². The zero-order valence-corrected chi connectivity index (χ0v) is 18.1. The standard InChI is InChI=1S/C24H23N5O4/c1-14-18(4-3-5-21(14)33-2)15-6-8-19-16(10-15)11-27-29(24(19)32)22-9-7-17(12-26-22)28-23(31)20(25)13-30/h3-12,20,30H,13,25H2,1-2H3,(H,28,31). The summed E-state index contributed by atoms with van der Waals surface area (Å²) >= 11 is 0. The molecule has 4 rings (SSSR count). The van der Waals surface area contributed by atoms with Crippen LogP contribution in [0, 0.1) is 6.92 Å². The van der Waals surface area contributed by atoms with Crippen molar-refractivity contribution in [3.8, 4) is 22.7 Å². The molecule has 0 aliphatic carbocycles. The Morgan fingerprint density at radius 2 is 2.03 bits per heavy atom. The molecular weight excluding hydrogens is 422 g/mol. The second-order valence-electron chi connectivity index (χ2n) is 7.48. The average molecular weight is 445 g/mol. The first kappa shape index (κ1) is 22.1. The van der Waals surface area contributed by atoms with Crippen LogP contribution in [-0.2, 0) is 4.79 Å². The highest BCUT2D eigenvalue weighted by atomic mass is 16.5. The first-order valence-corrected chi connectivity index (χ1v) is 10.2. The highest BCUT2D eigenvalue weighted by Crippen LogP contribution is 2.31. The monoisotopic (exact) mass is 445 g/mol. The van der Waals surface area contributed by atoms with Gasteiger partial charge in [0.25, 0.3) is 5.56 Å². The van der Waals surface area contributed by atoms with Crippen molar-refractivity contribution in [3.63, 3.8) is 0 Å². The summed E-state index contributed by atoms with van der Waals surface area (Å²) in [4.78, 5) is 29.1. The van der Waals surface area contributed by atoms with Gasteiger partial charge in [-0.2, -0.15) is 9.78 Å². The van der Waals surface area contributed by atoms with Crippen LogP contribution in [0.15, 0.2) is 65.7 Å². The highest BCUT2D eigenvalue weighted by Gasteiger charge is 2.14. The van der Waals surface area contributed by atoms with Gasteiger partial charge in [0.15, 0.2) is 5.82 Å². The van der Waals surface area contributed by atoms with E-state index in [9.17, 15) is 9.59 Å². The number of amides is 1. The third kappa shape index (κ3) is 4.32. The Kier molecular flexibility index (Phi) is 6.16. The van der Waals surface area contributed by atoms with Crippen LogP contribution in [0.2, 0.25) is 0 Å². The van der Waals surface area contributed by atoms with Gasteiger partial charge in [-0.1, -0.05) is 18.2 Å². The Morgan fingerprint density at radius 3 is 2.73 bits per heavy atom. The summed E-state index contributed by atoms with van der Waals surface area (Å²) in [5.41, 5.74) is 8.54. The van der Waals surface area contributed by atoms with Gasteiger partial charge in [0.1, 0.15) is 11.8 Å². The number of anilines is 1. The number of aliphatic hydroxyl groups is 1. The van der Waals surface area contributed by atoms with Crippen LogP contribution in [0.1, 0.15) is 5.56 Å². The Hall–Kier alpha value is -4.08. The van der Waals surface area contributed by atoms with Gasteiger partial charge in [-0.05, 0) is 53.9 Å². The maximum Gasteiger partial charge on any atom is 0.280 e. The Balaban J connectivity index is 1.66. The van der Waals surface area contributed by atoms with Crippen LogP contribution < -0.4 is 21.3 Å². The number of nitrogens with two attached hydrogens (primary N) is 1. The lowest BCUT2D eigenvalue weighted by Crippen LogP contribution is -2.38. The van der Waals surface area contributed by atoms with E-state index in [1.807, 2.05) is 37.3 Å². The molecule has 0 bridgehead atoms. The van der Waals surface area contributed by atoms with E-state index in [0.717, 1.165) is 22.4 Å². The van der Waals surface area contributed by atoms with Crippen molar-refractivity contribution in [2.75, 3.05) is 19.0 Å². The molecule has 0 radical (unpaired) electrons. The third-order valence-corrected chi connectivity index (χ3v) is 5.37. The maximum atomic E-state index is 13.1. The molecule has 9 heteroatoms. The fourth-order valence-corrected chi connectivity index (χ4v) is 3.53. The Morgan fingerprint density at radius 1 is 1.21 bits per heavy atom. The SMILES string of the molecule is COc1cccc(-c2ccc3c(=O)n(-c4ccc(NC(=O)C(N)CO)cn4)ncc3c2)c1C. The van der Waals surface area contributed by atoms with Crippen LogP contribution in [0.5, 0.6) is 5.75 Å². The van der Waals surface area contributed by atoms with Crippen molar-refractivity contribution in [2.24, 2.45) is 5.73 Å². The number of aromatic nitrogens is 3. The van der Waals surface area contributed by atoms with E-state index in [-0.39, 0.29) is 5.56 Å². The number of benzene rings is 2. The summed E-state index contributed by atoms with van der Waals surface area (Å²) < 4.78 is 6.61. The molecule has 0 aliphatic rings. The van der Waals surface area contributed by atoms with Gasteiger partial charge in [0, 0.05) is 5.39 Å². The number of hydrogen-bond acceptors (Lipinski definition) is 7. The lowest BCUT2D eigenvalue weighted by atomic mass is 9.98. The summed E-state index contributed by atoms with van der Waals surface area (Å²) in [6.45, 7) is 1.52. The van der Waals surface area contributed by atoms with Crippen LogP contribution in [0.25, 0.3) is 27.7 Å². The van der Waals surface area contributed by atoms with Gasteiger partial charge in [-0.25, -0.2) is 4.98 Å². The second-order valence-corrected chi connectivity index (χ2v) is 7.48. The number of carbonyl (C=O) groups is 1. The van der Waals surface area contributed by atoms with Gasteiger partial charge >= 0.3 is 0 Å². The topological polar surface area (TPSA) is 132 Å². The van der Waals surface area contributed by atoms with Gasteiger partial charge < -0.3 is 20.9 Å². The molecule has 0 saturated heterocycles. The predicted octanol–water partition coefficient (Wildman–Crippen LogP) is 2.02. The normalized spacial score (nSPS) is 11.9. The molecule has 4 N–H and O–H groups in total. The summed E-state index contributed by atoms with van der Waals surface area (Å²) in [5, 5.41) is 17.0. The molecule has 1 amide bonds. The number of fused-ring (bicyclic) bond motifs is 1. The lowest BCUT2D eigenvalue weighted by Gasteiger charge is -2.12. The van der Waals surface area contributed by atoms with Gasteiger partial charge in [0.05, 0.1) is 37.2 Å². The van der Waals surface area contributed by atoms with Crippen molar-refractivity contribution in [1.82, 2.24) is 14.8 Å². The van der Waals surface area contributed by atoms with E-state index in [0.29, 0.717) is 22.3 Å². The largest absolute Gasteiger partial charge is 0.496 e. The summed E-state index contributed by atoms with van der Waals surface area (Å²) in [7, 11) is 1.64. The molecule has 2 aromatic heterocycles. The number of pyridine rings is 1. The number of hydrogen-bond donors (Lipinski definition) is 3. The fourth-order valence-electron chi connectivity index (χ4n) is 3.53. The molecule has 0 spiro atoms. The van der Waals surface area contributed by atoms with Crippen molar-refractivity contribution < 1.29 is 14.6 Å². The van der Waals surface area contributed by atoms with Crippen molar-refractivity contribution in [1.29, 1.82) is 0 Å². The second kappa shape index (κ2) is 9.19. The van der Waals surface area contributed by atoms with Crippen LogP contribution in [0.3, 0.4) is 0 Å².